The van der Waals surface area contributed by atoms with Crippen molar-refractivity contribution in [3.8, 4) is 0 Å². The highest BCUT2D eigenvalue weighted by atomic mass is 32.2. The van der Waals surface area contributed by atoms with E-state index in [0.717, 1.165) is 24.3 Å². The topological polar surface area (TPSA) is 26.0 Å². The molecule has 2 aliphatic rings. The van der Waals surface area contributed by atoms with Crippen molar-refractivity contribution in [2.75, 3.05) is 18.1 Å². The van der Waals surface area contributed by atoms with Crippen molar-refractivity contribution in [1.29, 1.82) is 0 Å². The average Bonchev–Trinajstić information content (AvgIpc) is 2.87. The minimum Gasteiger partial charge on any atom is -0.330 e. The van der Waals surface area contributed by atoms with Crippen molar-refractivity contribution in [1.82, 2.24) is 0 Å². The molecule has 64 valence electrons. The van der Waals surface area contributed by atoms with Gasteiger partial charge >= 0.3 is 0 Å². The van der Waals surface area contributed by atoms with Crippen LogP contribution < -0.4 is 5.73 Å². The van der Waals surface area contributed by atoms with Crippen LogP contribution in [0.25, 0.3) is 0 Å². The minimum absolute atomic E-state index is 0.865. The first-order valence-corrected chi connectivity index (χ1v) is 5.85. The highest BCUT2D eigenvalue weighted by Gasteiger charge is 2.37. The Morgan fingerprint density at radius 1 is 1.27 bits per heavy atom. The highest BCUT2D eigenvalue weighted by molar-refractivity contribution is 7.99. The van der Waals surface area contributed by atoms with Gasteiger partial charge in [0.25, 0.3) is 0 Å². The van der Waals surface area contributed by atoms with Crippen molar-refractivity contribution in [3.63, 3.8) is 0 Å². The summed E-state index contributed by atoms with van der Waals surface area (Å²) in [7, 11) is 0. The lowest BCUT2D eigenvalue weighted by Gasteiger charge is -2.30. The Balaban J connectivity index is 1.91. The standard InChI is InChI=1S/C9H17NS/c10-5-8-3-4-11-6-9(8)7-1-2-7/h7-9H,1-6,10H2. The lowest BCUT2D eigenvalue weighted by Crippen LogP contribution is -2.30. The summed E-state index contributed by atoms with van der Waals surface area (Å²) in [6.07, 6.45) is 4.35. The molecule has 11 heavy (non-hydrogen) atoms. The zero-order chi connectivity index (χ0) is 7.68. The van der Waals surface area contributed by atoms with E-state index >= 15 is 0 Å². The molecule has 1 aliphatic carbocycles. The monoisotopic (exact) mass is 171 g/mol. The van der Waals surface area contributed by atoms with E-state index in [1.54, 1.807) is 0 Å². The van der Waals surface area contributed by atoms with Gasteiger partial charge in [-0.3, -0.25) is 0 Å². The van der Waals surface area contributed by atoms with E-state index in [2.05, 4.69) is 11.8 Å². The van der Waals surface area contributed by atoms with Crippen molar-refractivity contribution in [2.24, 2.45) is 23.5 Å². The van der Waals surface area contributed by atoms with E-state index in [9.17, 15) is 0 Å². The number of rotatable bonds is 2. The molecule has 1 heterocycles. The Morgan fingerprint density at radius 3 is 2.73 bits per heavy atom. The molecule has 2 fully saturated rings. The summed E-state index contributed by atoms with van der Waals surface area (Å²) in [4.78, 5) is 0. The molecule has 0 radical (unpaired) electrons. The molecule has 0 spiro atoms. The summed E-state index contributed by atoms with van der Waals surface area (Å²) < 4.78 is 0. The molecule has 0 bridgehead atoms. The molecule has 2 N–H and O–H groups in total. The molecule has 2 atom stereocenters. The van der Waals surface area contributed by atoms with Crippen molar-refractivity contribution >= 4 is 11.8 Å². The first-order valence-electron chi connectivity index (χ1n) is 4.69. The zero-order valence-corrected chi connectivity index (χ0v) is 7.78. The van der Waals surface area contributed by atoms with Gasteiger partial charge in [0.2, 0.25) is 0 Å². The van der Waals surface area contributed by atoms with E-state index in [4.69, 9.17) is 5.73 Å². The van der Waals surface area contributed by atoms with Crippen molar-refractivity contribution < 1.29 is 0 Å². The van der Waals surface area contributed by atoms with E-state index in [1.807, 2.05) is 0 Å². The van der Waals surface area contributed by atoms with Gasteiger partial charge in [-0.15, -0.1) is 0 Å². The van der Waals surface area contributed by atoms with Gasteiger partial charge in [-0.05, 0) is 55.1 Å². The van der Waals surface area contributed by atoms with Gasteiger partial charge in [-0.1, -0.05) is 0 Å². The normalized spacial score (nSPS) is 39.0. The minimum atomic E-state index is 0.865. The second-order valence-electron chi connectivity index (χ2n) is 3.86. The van der Waals surface area contributed by atoms with Gasteiger partial charge in [0, 0.05) is 0 Å². The number of hydrogen-bond donors (Lipinski definition) is 1. The van der Waals surface area contributed by atoms with Gasteiger partial charge in [-0.25, -0.2) is 0 Å². The van der Waals surface area contributed by atoms with Crippen LogP contribution in [0.3, 0.4) is 0 Å². The SMILES string of the molecule is NCC1CCSCC1C1CC1. The summed E-state index contributed by atoms with van der Waals surface area (Å²) in [6, 6.07) is 0. The third-order valence-corrected chi connectivity index (χ3v) is 4.22. The average molecular weight is 171 g/mol. The summed E-state index contributed by atoms with van der Waals surface area (Å²) in [5.74, 6) is 5.66. The smallest absolute Gasteiger partial charge is 0.00334 e. The summed E-state index contributed by atoms with van der Waals surface area (Å²) in [6.45, 7) is 0.932. The predicted octanol–water partition coefficient (Wildman–Crippen LogP) is 1.72. The molecule has 0 aromatic heterocycles. The molecule has 1 saturated heterocycles. The number of thioether (sulfide) groups is 1. The maximum absolute atomic E-state index is 5.75. The molecule has 0 amide bonds. The largest absolute Gasteiger partial charge is 0.330 e. The van der Waals surface area contributed by atoms with Gasteiger partial charge < -0.3 is 5.73 Å². The van der Waals surface area contributed by atoms with E-state index in [-0.39, 0.29) is 0 Å². The second kappa shape index (κ2) is 3.36. The molecule has 1 aliphatic heterocycles. The summed E-state index contributed by atoms with van der Waals surface area (Å²) >= 11 is 2.13. The quantitative estimate of drug-likeness (QED) is 0.684. The third kappa shape index (κ3) is 1.73. The van der Waals surface area contributed by atoms with Crippen LogP contribution in [0.1, 0.15) is 19.3 Å². The van der Waals surface area contributed by atoms with E-state index in [1.165, 1.54) is 30.8 Å². The number of hydrogen-bond acceptors (Lipinski definition) is 2. The third-order valence-electron chi connectivity index (χ3n) is 3.08. The Morgan fingerprint density at radius 2 is 2.09 bits per heavy atom. The molecule has 2 unspecified atom stereocenters. The molecule has 0 aromatic rings. The van der Waals surface area contributed by atoms with Crippen LogP contribution in [0.15, 0.2) is 0 Å². The van der Waals surface area contributed by atoms with Crippen LogP contribution in [0.4, 0.5) is 0 Å². The maximum atomic E-state index is 5.75. The lowest BCUT2D eigenvalue weighted by molar-refractivity contribution is 0.319. The predicted molar refractivity (Wildman–Crippen MR) is 50.7 cm³/mol. The lowest BCUT2D eigenvalue weighted by atomic mass is 9.87. The highest BCUT2D eigenvalue weighted by Crippen LogP contribution is 2.45. The van der Waals surface area contributed by atoms with Crippen LogP contribution in [-0.2, 0) is 0 Å². The first kappa shape index (κ1) is 7.93. The Kier molecular flexibility index (Phi) is 2.42. The molecule has 0 aromatic carbocycles. The van der Waals surface area contributed by atoms with Gasteiger partial charge in [0.1, 0.15) is 0 Å². The Labute approximate surface area is 73.1 Å². The Bertz CT molecular complexity index is 134. The number of nitrogens with two attached hydrogens (primary N) is 1. The van der Waals surface area contributed by atoms with E-state index < -0.39 is 0 Å². The van der Waals surface area contributed by atoms with Crippen molar-refractivity contribution in [3.05, 3.63) is 0 Å². The van der Waals surface area contributed by atoms with Gasteiger partial charge in [0.05, 0.1) is 0 Å². The van der Waals surface area contributed by atoms with Crippen LogP contribution in [-0.4, -0.2) is 18.1 Å². The van der Waals surface area contributed by atoms with Gasteiger partial charge in [-0.2, -0.15) is 11.8 Å². The van der Waals surface area contributed by atoms with Gasteiger partial charge in [0.15, 0.2) is 0 Å². The summed E-state index contributed by atoms with van der Waals surface area (Å²) in [5, 5.41) is 0. The fraction of sp³-hybridized carbons (Fsp3) is 1.00. The van der Waals surface area contributed by atoms with Crippen LogP contribution in [0, 0.1) is 17.8 Å². The molecule has 1 nitrogen and oxygen atoms in total. The maximum Gasteiger partial charge on any atom is -0.00334 e. The zero-order valence-electron chi connectivity index (χ0n) is 6.96. The molecule has 2 rings (SSSR count). The molecular formula is C9H17NS. The first-order chi connectivity index (χ1) is 5.42. The fourth-order valence-corrected chi connectivity index (χ4v) is 3.59. The van der Waals surface area contributed by atoms with E-state index in [0.29, 0.717) is 0 Å². The van der Waals surface area contributed by atoms with Crippen LogP contribution >= 0.6 is 11.8 Å². The summed E-state index contributed by atoms with van der Waals surface area (Å²) in [5.41, 5.74) is 5.75. The van der Waals surface area contributed by atoms with Crippen molar-refractivity contribution in [2.45, 2.75) is 19.3 Å². The molecular weight excluding hydrogens is 154 g/mol. The van der Waals surface area contributed by atoms with Crippen LogP contribution in [0.2, 0.25) is 0 Å². The van der Waals surface area contributed by atoms with Crippen LogP contribution in [0.5, 0.6) is 0 Å². The molecule has 1 saturated carbocycles. The molecule has 2 heteroatoms. The fourth-order valence-electron chi connectivity index (χ4n) is 2.14. The second-order valence-corrected chi connectivity index (χ2v) is 5.01. The Hall–Kier alpha value is 0.310.